The van der Waals surface area contributed by atoms with E-state index >= 15 is 0 Å². The molecule has 0 saturated heterocycles. The summed E-state index contributed by atoms with van der Waals surface area (Å²) >= 11 is 0. The van der Waals surface area contributed by atoms with E-state index in [4.69, 9.17) is 9.47 Å². The molecule has 2 aromatic carbocycles. The van der Waals surface area contributed by atoms with Gasteiger partial charge in [0.25, 0.3) is 0 Å². The highest BCUT2D eigenvalue weighted by atomic mass is 16.5. The van der Waals surface area contributed by atoms with Crippen molar-refractivity contribution in [3.05, 3.63) is 35.9 Å². The molecule has 0 aromatic heterocycles. The predicted molar refractivity (Wildman–Crippen MR) is 66.4 cm³/mol. The second kappa shape index (κ2) is 4.44. The Kier molecular flexibility index (Phi) is 3.00. The van der Waals surface area contributed by atoms with Gasteiger partial charge in [-0.15, -0.1) is 0 Å². The Labute approximate surface area is 95.8 Å². The lowest BCUT2D eigenvalue weighted by atomic mass is 10.0. The first-order valence-electron chi connectivity index (χ1n) is 5.44. The van der Waals surface area contributed by atoms with Gasteiger partial charge in [-0.1, -0.05) is 31.2 Å². The maximum absolute atomic E-state index is 5.49. The van der Waals surface area contributed by atoms with E-state index in [-0.39, 0.29) is 0 Å². The molecule has 0 amide bonds. The average Bonchev–Trinajstić information content (AvgIpc) is 2.36. The molecule has 2 nitrogen and oxygen atoms in total. The van der Waals surface area contributed by atoms with Crippen LogP contribution in [0.25, 0.3) is 10.8 Å². The van der Waals surface area contributed by atoms with Gasteiger partial charge in [-0.25, -0.2) is 0 Å². The predicted octanol–water partition coefficient (Wildman–Crippen LogP) is 3.42. The molecule has 0 bridgehead atoms. The average molecular weight is 216 g/mol. The summed E-state index contributed by atoms with van der Waals surface area (Å²) < 4.78 is 10.9. The first-order chi connectivity index (χ1) is 7.81. The summed E-state index contributed by atoms with van der Waals surface area (Å²) in [5.74, 6) is 1.87. The molecule has 0 radical (unpaired) electrons. The van der Waals surface area contributed by atoms with E-state index in [0.717, 1.165) is 28.7 Å². The number of methoxy groups -OCH3 is 2. The fourth-order valence-electron chi connectivity index (χ4n) is 2.04. The Bertz CT molecular complexity index is 503. The van der Waals surface area contributed by atoms with E-state index in [1.807, 2.05) is 12.1 Å². The molecule has 2 heteroatoms. The van der Waals surface area contributed by atoms with Gasteiger partial charge in [-0.05, 0) is 18.1 Å². The van der Waals surface area contributed by atoms with Crippen molar-refractivity contribution in [1.29, 1.82) is 0 Å². The van der Waals surface area contributed by atoms with Gasteiger partial charge in [0, 0.05) is 10.8 Å². The van der Waals surface area contributed by atoms with E-state index in [2.05, 4.69) is 25.1 Å². The molecule has 2 aromatic rings. The molecule has 0 spiro atoms. The van der Waals surface area contributed by atoms with Crippen LogP contribution in [0.3, 0.4) is 0 Å². The first kappa shape index (κ1) is 10.8. The van der Waals surface area contributed by atoms with Crippen LogP contribution >= 0.6 is 0 Å². The summed E-state index contributed by atoms with van der Waals surface area (Å²) in [6.45, 7) is 2.12. The van der Waals surface area contributed by atoms with Crippen molar-refractivity contribution in [3.63, 3.8) is 0 Å². The first-order valence-corrected chi connectivity index (χ1v) is 5.44. The third-order valence-electron chi connectivity index (χ3n) is 2.84. The van der Waals surface area contributed by atoms with E-state index in [1.165, 1.54) is 5.56 Å². The molecular weight excluding hydrogens is 200 g/mol. The van der Waals surface area contributed by atoms with Crippen molar-refractivity contribution < 1.29 is 9.47 Å². The molecule has 84 valence electrons. The van der Waals surface area contributed by atoms with Crippen LogP contribution in [0.5, 0.6) is 11.5 Å². The van der Waals surface area contributed by atoms with Gasteiger partial charge in [0.1, 0.15) is 11.5 Å². The second-order valence-electron chi connectivity index (χ2n) is 3.67. The lowest BCUT2D eigenvalue weighted by Gasteiger charge is -2.13. The molecule has 0 saturated carbocycles. The second-order valence-corrected chi connectivity index (χ2v) is 3.67. The van der Waals surface area contributed by atoms with Crippen LogP contribution in [-0.4, -0.2) is 14.2 Å². The van der Waals surface area contributed by atoms with Crippen molar-refractivity contribution in [1.82, 2.24) is 0 Å². The molecule has 0 unspecified atom stereocenters. The van der Waals surface area contributed by atoms with E-state index in [9.17, 15) is 0 Å². The number of aryl methyl sites for hydroxylation is 1. The van der Waals surface area contributed by atoms with Crippen LogP contribution in [0.4, 0.5) is 0 Å². The molecule has 2 rings (SSSR count). The van der Waals surface area contributed by atoms with Crippen LogP contribution in [0, 0.1) is 0 Å². The summed E-state index contributed by atoms with van der Waals surface area (Å²) in [6, 6.07) is 10.2. The van der Waals surface area contributed by atoms with Crippen molar-refractivity contribution in [2.24, 2.45) is 0 Å². The summed E-state index contributed by atoms with van der Waals surface area (Å²) in [6.07, 6.45) is 0.935. The van der Waals surface area contributed by atoms with Crippen LogP contribution in [0.15, 0.2) is 30.3 Å². The summed E-state index contributed by atoms with van der Waals surface area (Å²) in [5.41, 5.74) is 1.18. The Morgan fingerprint density at radius 1 is 1.00 bits per heavy atom. The SMILES string of the molecule is CCc1cc(OC)c2ccccc2c1OC. The van der Waals surface area contributed by atoms with E-state index < -0.39 is 0 Å². The van der Waals surface area contributed by atoms with Gasteiger partial charge >= 0.3 is 0 Å². The fourth-order valence-corrected chi connectivity index (χ4v) is 2.04. The van der Waals surface area contributed by atoms with Gasteiger partial charge in [-0.2, -0.15) is 0 Å². The Balaban J connectivity index is 2.83. The standard InChI is InChI=1S/C14H16O2/c1-4-10-9-13(15-2)11-7-5-6-8-12(11)14(10)16-3/h5-9H,4H2,1-3H3. The maximum Gasteiger partial charge on any atom is 0.130 e. The zero-order valence-corrected chi connectivity index (χ0v) is 9.91. The highest BCUT2D eigenvalue weighted by Crippen LogP contribution is 2.36. The Morgan fingerprint density at radius 3 is 2.25 bits per heavy atom. The molecule has 0 atom stereocenters. The monoisotopic (exact) mass is 216 g/mol. The molecular formula is C14H16O2. The lowest BCUT2D eigenvalue weighted by Crippen LogP contribution is -1.95. The molecule has 0 aliphatic heterocycles. The van der Waals surface area contributed by atoms with Gasteiger partial charge in [0.15, 0.2) is 0 Å². The minimum Gasteiger partial charge on any atom is -0.496 e. The minimum absolute atomic E-state index is 0.910. The van der Waals surface area contributed by atoms with Crippen LogP contribution in [0.1, 0.15) is 12.5 Å². The quantitative estimate of drug-likeness (QED) is 0.782. The van der Waals surface area contributed by atoms with Crippen LogP contribution in [0.2, 0.25) is 0 Å². The molecule has 0 heterocycles. The number of rotatable bonds is 3. The van der Waals surface area contributed by atoms with Crippen molar-refractivity contribution >= 4 is 10.8 Å². The van der Waals surface area contributed by atoms with Gasteiger partial charge in [-0.3, -0.25) is 0 Å². The highest BCUT2D eigenvalue weighted by molar-refractivity contribution is 5.94. The summed E-state index contributed by atoms with van der Waals surface area (Å²) in [5, 5.41) is 2.21. The van der Waals surface area contributed by atoms with E-state index in [1.54, 1.807) is 14.2 Å². The third kappa shape index (κ3) is 1.60. The van der Waals surface area contributed by atoms with Crippen LogP contribution < -0.4 is 9.47 Å². The molecule has 0 aliphatic carbocycles. The Hall–Kier alpha value is -1.70. The number of ether oxygens (including phenoxy) is 2. The van der Waals surface area contributed by atoms with Gasteiger partial charge in [0.05, 0.1) is 14.2 Å². The molecule has 0 N–H and O–H groups in total. The lowest BCUT2D eigenvalue weighted by molar-refractivity contribution is 0.406. The topological polar surface area (TPSA) is 18.5 Å². The van der Waals surface area contributed by atoms with E-state index in [0.29, 0.717) is 0 Å². The third-order valence-corrected chi connectivity index (χ3v) is 2.84. The number of fused-ring (bicyclic) bond motifs is 1. The number of hydrogen-bond acceptors (Lipinski definition) is 2. The van der Waals surface area contributed by atoms with Crippen molar-refractivity contribution in [2.75, 3.05) is 14.2 Å². The summed E-state index contributed by atoms with van der Waals surface area (Å²) in [4.78, 5) is 0. The van der Waals surface area contributed by atoms with Crippen LogP contribution in [-0.2, 0) is 6.42 Å². The smallest absolute Gasteiger partial charge is 0.130 e. The molecule has 0 fully saturated rings. The minimum atomic E-state index is 0.910. The fraction of sp³-hybridized carbons (Fsp3) is 0.286. The Morgan fingerprint density at radius 2 is 1.69 bits per heavy atom. The number of hydrogen-bond donors (Lipinski definition) is 0. The number of benzene rings is 2. The zero-order valence-electron chi connectivity index (χ0n) is 9.91. The van der Waals surface area contributed by atoms with Crippen molar-refractivity contribution in [2.45, 2.75) is 13.3 Å². The van der Waals surface area contributed by atoms with Crippen molar-refractivity contribution in [3.8, 4) is 11.5 Å². The summed E-state index contributed by atoms with van der Waals surface area (Å²) in [7, 11) is 3.42. The zero-order chi connectivity index (χ0) is 11.5. The largest absolute Gasteiger partial charge is 0.496 e. The maximum atomic E-state index is 5.49. The normalized spacial score (nSPS) is 10.4. The van der Waals surface area contributed by atoms with Gasteiger partial charge < -0.3 is 9.47 Å². The molecule has 16 heavy (non-hydrogen) atoms. The molecule has 0 aliphatic rings. The highest BCUT2D eigenvalue weighted by Gasteiger charge is 2.11. The van der Waals surface area contributed by atoms with Gasteiger partial charge in [0.2, 0.25) is 0 Å².